The maximum absolute atomic E-state index is 12.6. The molecule has 2 fully saturated rings. The highest BCUT2D eigenvalue weighted by atomic mass is 16.5. The number of ether oxygens (including phenoxy) is 1. The second-order valence-electron chi connectivity index (χ2n) is 6.74. The van der Waals surface area contributed by atoms with Crippen molar-refractivity contribution >= 4 is 6.03 Å². The van der Waals surface area contributed by atoms with E-state index in [-0.39, 0.29) is 18.2 Å². The molecular formula is C19H24N4O2. The molecule has 1 aromatic heterocycles. The summed E-state index contributed by atoms with van der Waals surface area (Å²) in [7, 11) is 0. The van der Waals surface area contributed by atoms with Gasteiger partial charge in [-0.15, -0.1) is 0 Å². The standard InChI is InChI=1S/C19H24N4O2/c1-2-23-12-15(11-20-23)18-13-22(8-9-25-18)19(24)21-17-10-16(17)14-6-4-3-5-7-14/h3-7,11-12,16-18H,2,8-10,13H2,1H3,(H,21,24)/t16-,17+,18-/m0/s1. The number of aromatic nitrogens is 2. The number of hydrogen-bond acceptors (Lipinski definition) is 3. The predicted octanol–water partition coefficient (Wildman–Crippen LogP) is 2.54. The zero-order valence-corrected chi connectivity index (χ0v) is 14.5. The van der Waals surface area contributed by atoms with Crippen LogP contribution in [0.4, 0.5) is 4.79 Å². The van der Waals surface area contributed by atoms with Crippen molar-refractivity contribution in [1.82, 2.24) is 20.0 Å². The van der Waals surface area contributed by atoms with Crippen molar-refractivity contribution in [1.29, 1.82) is 0 Å². The Morgan fingerprint density at radius 1 is 1.32 bits per heavy atom. The summed E-state index contributed by atoms with van der Waals surface area (Å²) in [5.74, 6) is 0.449. The summed E-state index contributed by atoms with van der Waals surface area (Å²) >= 11 is 0. The van der Waals surface area contributed by atoms with Gasteiger partial charge in [0.2, 0.25) is 0 Å². The summed E-state index contributed by atoms with van der Waals surface area (Å²) in [6, 6.07) is 10.7. The number of nitrogens with zero attached hydrogens (tertiary/aromatic N) is 3. The quantitative estimate of drug-likeness (QED) is 0.930. The third-order valence-electron chi connectivity index (χ3n) is 5.03. The number of amides is 2. The molecule has 0 radical (unpaired) electrons. The first kappa shape index (κ1) is 16.1. The van der Waals surface area contributed by atoms with Gasteiger partial charge in [0.25, 0.3) is 0 Å². The van der Waals surface area contributed by atoms with E-state index in [9.17, 15) is 4.79 Å². The van der Waals surface area contributed by atoms with E-state index in [1.807, 2.05) is 28.0 Å². The molecule has 3 atom stereocenters. The van der Waals surface area contributed by atoms with Gasteiger partial charge in [0.05, 0.1) is 19.3 Å². The van der Waals surface area contributed by atoms with Gasteiger partial charge in [-0.1, -0.05) is 30.3 Å². The molecule has 2 aromatic rings. The summed E-state index contributed by atoms with van der Waals surface area (Å²) in [5, 5.41) is 7.47. The maximum Gasteiger partial charge on any atom is 0.317 e. The van der Waals surface area contributed by atoms with Crippen molar-refractivity contribution in [3.63, 3.8) is 0 Å². The lowest BCUT2D eigenvalue weighted by molar-refractivity contribution is -0.0155. The van der Waals surface area contributed by atoms with Gasteiger partial charge < -0.3 is 15.0 Å². The number of aryl methyl sites for hydroxylation is 1. The van der Waals surface area contributed by atoms with Crippen LogP contribution in [0.1, 0.15) is 36.5 Å². The van der Waals surface area contributed by atoms with Crippen molar-refractivity contribution in [3.05, 3.63) is 53.9 Å². The molecule has 0 spiro atoms. The van der Waals surface area contributed by atoms with Crippen LogP contribution in [0, 0.1) is 0 Å². The van der Waals surface area contributed by atoms with E-state index in [1.54, 1.807) is 0 Å². The maximum atomic E-state index is 12.6. The van der Waals surface area contributed by atoms with Gasteiger partial charge in [-0.3, -0.25) is 4.68 Å². The normalized spacial score (nSPS) is 25.6. The highest BCUT2D eigenvalue weighted by molar-refractivity contribution is 5.75. The topological polar surface area (TPSA) is 59.4 Å². The number of benzene rings is 1. The Hall–Kier alpha value is -2.34. The van der Waals surface area contributed by atoms with Gasteiger partial charge in [-0.2, -0.15) is 5.10 Å². The largest absolute Gasteiger partial charge is 0.370 e. The Morgan fingerprint density at radius 2 is 2.16 bits per heavy atom. The molecule has 0 unspecified atom stereocenters. The fraction of sp³-hybridized carbons (Fsp3) is 0.474. The molecule has 6 nitrogen and oxygen atoms in total. The van der Waals surface area contributed by atoms with Crippen LogP contribution >= 0.6 is 0 Å². The van der Waals surface area contributed by atoms with Crippen LogP contribution < -0.4 is 5.32 Å². The van der Waals surface area contributed by atoms with Crippen molar-refractivity contribution in [2.24, 2.45) is 0 Å². The molecule has 2 heterocycles. The lowest BCUT2D eigenvalue weighted by Crippen LogP contribution is -2.47. The van der Waals surface area contributed by atoms with Gasteiger partial charge in [-0.25, -0.2) is 4.79 Å². The number of rotatable bonds is 4. The lowest BCUT2D eigenvalue weighted by Gasteiger charge is -2.32. The smallest absolute Gasteiger partial charge is 0.317 e. The van der Waals surface area contributed by atoms with E-state index in [0.717, 1.165) is 18.5 Å². The average molecular weight is 340 g/mol. The monoisotopic (exact) mass is 340 g/mol. The summed E-state index contributed by atoms with van der Waals surface area (Å²) in [4.78, 5) is 14.5. The van der Waals surface area contributed by atoms with E-state index in [0.29, 0.717) is 25.6 Å². The Labute approximate surface area is 147 Å². The third-order valence-corrected chi connectivity index (χ3v) is 5.03. The molecule has 6 heteroatoms. The van der Waals surface area contributed by atoms with Crippen molar-refractivity contribution in [2.75, 3.05) is 19.7 Å². The van der Waals surface area contributed by atoms with Crippen molar-refractivity contribution in [2.45, 2.75) is 38.0 Å². The Bertz CT molecular complexity index is 730. The zero-order valence-electron chi connectivity index (χ0n) is 14.5. The Balaban J connectivity index is 1.33. The van der Waals surface area contributed by atoms with E-state index in [4.69, 9.17) is 4.74 Å². The van der Waals surface area contributed by atoms with Gasteiger partial charge in [0, 0.05) is 36.8 Å². The molecule has 0 bridgehead atoms. The summed E-state index contributed by atoms with van der Waals surface area (Å²) in [6.07, 6.45) is 4.76. The van der Waals surface area contributed by atoms with Crippen LogP contribution in [0.25, 0.3) is 0 Å². The number of carbonyl (C=O) groups is 1. The van der Waals surface area contributed by atoms with E-state index < -0.39 is 0 Å². The molecule has 132 valence electrons. The van der Waals surface area contributed by atoms with Gasteiger partial charge in [-0.05, 0) is 18.9 Å². The fourth-order valence-electron chi connectivity index (χ4n) is 3.43. The first-order valence-corrected chi connectivity index (χ1v) is 8.99. The molecule has 1 saturated heterocycles. The second-order valence-corrected chi connectivity index (χ2v) is 6.74. The van der Waals surface area contributed by atoms with Gasteiger partial charge in [0.1, 0.15) is 6.10 Å². The van der Waals surface area contributed by atoms with Crippen molar-refractivity contribution in [3.8, 4) is 0 Å². The number of hydrogen-bond donors (Lipinski definition) is 1. The molecule has 4 rings (SSSR count). The van der Waals surface area contributed by atoms with Crippen LogP contribution in [-0.2, 0) is 11.3 Å². The Morgan fingerprint density at radius 3 is 2.92 bits per heavy atom. The number of nitrogens with one attached hydrogen (secondary N) is 1. The van der Waals surface area contributed by atoms with Crippen LogP contribution in [-0.4, -0.2) is 46.4 Å². The molecule has 2 amide bonds. The van der Waals surface area contributed by atoms with Gasteiger partial charge >= 0.3 is 6.03 Å². The summed E-state index contributed by atoms with van der Waals surface area (Å²) in [5.41, 5.74) is 2.34. The minimum Gasteiger partial charge on any atom is -0.370 e. The summed E-state index contributed by atoms with van der Waals surface area (Å²) in [6.45, 7) is 4.65. The van der Waals surface area contributed by atoms with Crippen LogP contribution in [0.2, 0.25) is 0 Å². The van der Waals surface area contributed by atoms with E-state index in [2.05, 4.69) is 41.6 Å². The van der Waals surface area contributed by atoms with E-state index in [1.165, 1.54) is 5.56 Å². The number of carbonyl (C=O) groups excluding carboxylic acids is 1. The predicted molar refractivity (Wildman–Crippen MR) is 94.3 cm³/mol. The molecule has 1 saturated carbocycles. The highest BCUT2D eigenvalue weighted by Gasteiger charge is 2.40. The minimum atomic E-state index is -0.0936. The second kappa shape index (κ2) is 6.88. The molecule has 1 aromatic carbocycles. The van der Waals surface area contributed by atoms with Crippen LogP contribution in [0.15, 0.2) is 42.7 Å². The molecule has 1 aliphatic carbocycles. The SMILES string of the molecule is CCn1cc([C@@H]2CN(C(=O)N[C@@H]3C[C@H]3c3ccccc3)CCO2)cn1. The summed E-state index contributed by atoms with van der Waals surface area (Å²) < 4.78 is 7.72. The number of morpholine rings is 1. The number of urea groups is 1. The highest BCUT2D eigenvalue weighted by Crippen LogP contribution is 2.40. The molecule has 1 aliphatic heterocycles. The first-order valence-electron chi connectivity index (χ1n) is 8.99. The Kier molecular flexibility index (Phi) is 4.44. The zero-order chi connectivity index (χ0) is 17.2. The van der Waals surface area contributed by atoms with Gasteiger partial charge in [0.15, 0.2) is 0 Å². The molecule has 25 heavy (non-hydrogen) atoms. The molecule has 1 N–H and O–H groups in total. The average Bonchev–Trinajstić information content (AvgIpc) is 3.26. The van der Waals surface area contributed by atoms with Crippen LogP contribution in [0.3, 0.4) is 0 Å². The molecule has 2 aliphatic rings. The third kappa shape index (κ3) is 3.54. The lowest BCUT2D eigenvalue weighted by atomic mass is 10.1. The first-order chi connectivity index (χ1) is 12.2. The molecular weight excluding hydrogens is 316 g/mol. The minimum absolute atomic E-state index is 0.0135. The van der Waals surface area contributed by atoms with Crippen molar-refractivity contribution < 1.29 is 9.53 Å². The fourth-order valence-corrected chi connectivity index (χ4v) is 3.43. The van der Waals surface area contributed by atoms with E-state index >= 15 is 0 Å². The van der Waals surface area contributed by atoms with Crippen LogP contribution in [0.5, 0.6) is 0 Å².